The summed E-state index contributed by atoms with van der Waals surface area (Å²) >= 11 is 0. The van der Waals surface area contributed by atoms with Crippen LogP contribution in [0.25, 0.3) is 0 Å². The molecule has 0 bridgehead atoms. The van der Waals surface area contributed by atoms with Gasteiger partial charge in [0.15, 0.2) is 11.5 Å². The van der Waals surface area contributed by atoms with Gasteiger partial charge in [-0.2, -0.15) is 0 Å². The predicted molar refractivity (Wildman–Crippen MR) is 67.5 cm³/mol. The average Bonchev–Trinajstić information content (AvgIpc) is 2.46. The molecule has 0 aromatic carbocycles. The van der Waals surface area contributed by atoms with Crippen LogP contribution >= 0.6 is 0 Å². The Kier molecular flexibility index (Phi) is 4.09. The highest BCUT2D eigenvalue weighted by Gasteiger charge is 2.23. The second kappa shape index (κ2) is 5.77. The van der Waals surface area contributed by atoms with Crippen molar-refractivity contribution in [2.45, 2.75) is 25.3 Å². The average molecular weight is 250 g/mol. The van der Waals surface area contributed by atoms with Gasteiger partial charge in [-0.05, 0) is 31.4 Å². The lowest BCUT2D eigenvalue weighted by molar-refractivity contribution is 0.0957. The van der Waals surface area contributed by atoms with E-state index in [1.165, 1.54) is 0 Å². The van der Waals surface area contributed by atoms with Gasteiger partial charge >= 0.3 is 0 Å². The highest BCUT2D eigenvalue weighted by atomic mass is 16.3. The Morgan fingerprint density at radius 2 is 2.33 bits per heavy atom. The number of carbonyl (C=O) groups excluding carboxylic acids is 1. The fraction of sp³-hybridized carbons (Fsp3) is 0.583. The topological polar surface area (TPSA) is 78.4 Å². The van der Waals surface area contributed by atoms with E-state index in [0.717, 1.165) is 31.6 Å². The third kappa shape index (κ3) is 2.59. The summed E-state index contributed by atoms with van der Waals surface area (Å²) < 4.78 is 0. The third-order valence-corrected chi connectivity index (χ3v) is 3.24. The first-order valence-corrected chi connectivity index (χ1v) is 6.19. The summed E-state index contributed by atoms with van der Waals surface area (Å²) in [7, 11) is 1.56. The molecule has 1 fully saturated rings. The molecule has 6 nitrogen and oxygen atoms in total. The van der Waals surface area contributed by atoms with Crippen molar-refractivity contribution in [3.63, 3.8) is 0 Å². The molecule has 1 unspecified atom stereocenters. The number of aliphatic hydroxyl groups is 1. The van der Waals surface area contributed by atoms with Gasteiger partial charge in [-0.15, -0.1) is 10.2 Å². The van der Waals surface area contributed by atoms with E-state index in [9.17, 15) is 9.90 Å². The van der Waals surface area contributed by atoms with Crippen LogP contribution in [-0.2, 0) is 0 Å². The molecule has 1 aromatic heterocycles. The van der Waals surface area contributed by atoms with Gasteiger partial charge in [0.2, 0.25) is 0 Å². The minimum atomic E-state index is -0.244. The summed E-state index contributed by atoms with van der Waals surface area (Å²) in [6.45, 7) is 0.998. The SMILES string of the molecule is CNC(=O)c1ccc(N2CCCCC2CO)nn1. The van der Waals surface area contributed by atoms with Crippen molar-refractivity contribution in [3.8, 4) is 0 Å². The van der Waals surface area contributed by atoms with Gasteiger partial charge in [-0.1, -0.05) is 0 Å². The van der Waals surface area contributed by atoms with Gasteiger partial charge in [0.05, 0.1) is 12.6 Å². The van der Waals surface area contributed by atoms with Crippen LogP contribution in [0.1, 0.15) is 29.8 Å². The number of anilines is 1. The number of hydrogen-bond acceptors (Lipinski definition) is 5. The van der Waals surface area contributed by atoms with Gasteiger partial charge in [-0.3, -0.25) is 4.79 Å². The van der Waals surface area contributed by atoms with Gasteiger partial charge in [0, 0.05) is 13.6 Å². The molecule has 1 saturated heterocycles. The Balaban J connectivity index is 2.15. The second-order valence-corrected chi connectivity index (χ2v) is 4.38. The van der Waals surface area contributed by atoms with E-state index in [-0.39, 0.29) is 18.6 Å². The number of nitrogens with one attached hydrogen (secondary N) is 1. The summed E-state index contributed by atoms with van der Waals surface area (Å²) in [5, 5.41) is 19.8. The zero-order valence-electron chi connectivity index (χ0n) is 10.5. The number of amides is 1. The van der Waals surface area contributed by atoms with Gasteiger partial charge in [0.25, 0.3) is 5.91 Å². The highest BCUT2D eigenvalue weighted by Crippen LogP contribution is 2.22. The minimum Gasteiger partial charge on any atom is -0.394 e. The van der Waals surface area contributed by atoms with Crippen LogP contribution in [0.5, 0.6) is 0 Å². The Bertz CT molecular complexity index is 407. The molecule has 6 heteroatoms. The smallest absolute Gasteiger partial charge is 0.271 e. The number of aromatic nitrogens is 2. The Labute approximate surface area is 106 Å². The molecule has 1 aliphatic rings. The first-order chi connectivity index (χ1) is 8.76. The molecular weight excluding hydrogens is 232 g/mol. The van der Waals surface area contributed by atoms with Crippen molar-refractivity contribution in [1.29, 1.82) is 0 Å². The zero-order chi connectivity index (χ0) is 13.0. The predicted octanol–water partition coefficient (Wildman–Crippen LogP) is 0.187. The second-order valence-electron chi connectivity index (χ2n) is 4.38. The molecule has 98 valence electrons. The van der Waals surface area contributed by atoms with Crippen LogP contribution in [0.15, 0.2) is 12.1 Å². The van der Waals surface area contributed by atoms with E-state index < -0.39 is 0 Å². The number of carbonyl (C=O) groups is 1. The maximum atomic E-state index is 11.4. The van der Waals surface area contributed by atoms with Crippen molar-refractivity contribution >= 4 is 11.7 Å². The molecule has 2 N–H and O–H groups in total. The quantitative estimate of drug-likeness (QED) is 0.800. The molecule has 0 spiro atoms. The Morgan fingerprint density at radius 1 is 1.50 bits per heavy atom. The zero-order valence-corrected chi connectivity index (χ0v) is 10.5. The number of nitrogens with zero attached hydrogens (tertiary/aromatic N) is 3. The van der Waals surface area contributed by atoms with Gasteiger partial charge in [0.1, 0.15) is 0 Å². The maximum absolute atomic E-state index is 11.4. The maximum Gasteiger partial charge on any atom is 0.271 e. The lowest BCUT2D eigenvalue weighted by Crippen LogP contribution is -2.42. The van der Waals surface area contributed by atoms with Crippen LogP contribution in [0.3, 0.4) is 0 Å². The standard InChI is InChI=1S/C12H18N4O2/c1-13-12(18)10-5-6-11(15-14-10)16-7-3-2-4-9(16)8-17/h5-6,9,17H,2-4,7-8H2,1H3,(H,13,18). The minimum absolute atomic E-state index is 0.110. The molecule has 1 aliphatic heterocycles. The summed E-state index contributed by atoms with van der Waals surface area (Å²) in [4.78, 5) is 13.4. The molecule has 0 saturated carbocycles. The van der Waals surface area contributed by atoms with Crippen molar-refractivity contribution in [1.82, 2.24) is 15.5 Å². The summed E-state index contributed by atoms with van der Waals surface area (Å²) in [5.41, 5.74) is 0.304. The van der Waals surface area contributed by atoms with Crippen molar-refractivity contribution in [3.05, 3.63) is 17.8 Å². The number of rotatable bonds is 3. The molecule has 1 amide bonds. The number of piperidine rings is 1. The lowest BCUT2D eigenvalue weighted by Gasteiger charge is -2.35. The number of hydrogen-bond donors (Lipinski definition) is 2. The van der Waals surface area contributed by atoms with Gasteiger partial charge < -0.3 is 15.3 Å². The van der Waals surface area contributed by atoms with E-state index in [1.807, 2.05) is 0 Å². The Morgan fingerprint density at radius 3 is 2.94 bits per heavy atom. The normalized spacial score (nSPS) is 19.7. The lowest BCUT2D eigenvalue weighted by atomic mass is 10.0. The molecule has 0 radical (unpaired) electrons. The van der Waals surface area contributed by atoms with E-state index >= 15 is 0 Å². The largest absolute Gasteiger partial charge is 0.394 e. The van der Waals surface area contributed by atoms with Crippen LogP contribution in [0, 0.1) is 0 Å². The van der Waals surface area contributed by atoms with Crippen molar-refractivity contribution < 1.29 is 9.90 Å². The van der Waals surface area contributed by atoms with Crippen molar-refractivity contribution in [2.75, 3.05) is 25.1 Å². The monoisotopic (exact) mass is 250 g/mol. The fourth-order valence-corrected chi connectivity index (χ4v) is 2.22. The van der Waals surface area contributed by atoms with E-state index in [4.69, 9.17) is 0 Å². The fourth-order valence-electron chi connectivity index (χ4n) is 2.22. The van der Waals surface area contributed by atoms with Gasteiger partial charge in [-0.25, -0.2) is 0 Å². The Hall–Kier alpha value is -1.69. The van der Waals surface area contributed by atoms with E-state index in [2.05, 4.69) is 20.4 Å². The third-order valence-electron chi connectivity index (χ3n) is 3.24. The summed E-state index contributed by atoms with van der Waals surface area (Å²) in [5.74, 6) is 0.479. The van der Waals surface area contributed by atoms with Crippen LogP contribution in [0.2, 0.25) is 0 Å². The molecule has 18 heavy (non-hydrogen) atoms. The molecule has 1 atom stereocenters. The molecule has 2 rings (SSSR count). The first-order valence-electron chi connectivity index (χ1n) is 6.19. The van der Waals surface area contributed by atoms with E-state index in [0.29, 0.717) is 5.69 Å². The summed E-state index contributed by atoms with van der Waals surface area (Å²) in [6, 6.07) is 3.55. The van der Waals surface area contributed by atoms with Crippen LogP contribution in [-0.4, -0.2) is 47.5 Å². The van der Waals surface area contributed by atoms with Crippen molar-refractivity contribution in [2.24, 2.45) is 0 Å². The number of aliphatic hydroxyl groups excluding tert-OH is 1. The van der Waals surface area contributed by atoms with Crippen LogP contribution in [0.4, 0.5) is 5.82 Å². The first kappa shape index (κ1) is 12.8. The molecule has 1 aromatic rings. The summed E-state index contributed by atoms with van der Waals surface area (Å²) in [6.07, 6.45) is 3.19. The van der Waals surface area contributed by atoms with Crippen LogP contribution < -0.4 is 10.2 Å². The van der Waals surface area contributed by atoms with E-state index in [1.54, 1.807) is 19.2 Å². The molecule has 2 heterocycles. The highest BCUT2D eigenvalue weighted by molar-refractivity contribution is 5.91. The molecule has 0 aliphatic carbocycles. The molecular formula is C12H18N4O2.